The van der Waals surface area contributed by atoms with E-state index in [9.17, 15) is 8.78 Å². The summed E-state index contributed by atoms with van der Waals surface area (Å²) in [5, 5.41) is 8.81. The Balaban J connectivity index is 3.32. The normalized spacial score (nSPS) is 10.8. The van der Waals surface area contributed by atoms with Gasteiger partial charge in [-0.15, -0.1) is 0 Å². The highest BCUT2D eigenvalue weighted by atomic mass is 35.5. The molecule has 0 saturated heterocycles. The summed E-state index contributed by atoms with van der Waals surface area (Å²) in [6.45, 7) is -0.114. The van der Waals surface area contributed by atoms with Crippen molar-refractivity contribution in [2.24, 2.45) is 5.73 Å². The number of hydrogen-bond donors (Lipinski definition) is 2. The average Bonchev–Trinajstić information content (AvgIpc) is 2.08. The quantitative estimate of drug-likeness (QED) is 0.729. The smallest absolute Gasteiger partial charge is 0.267 e. The number of hydrogen-bond acceptors (Lipinski definition) is 3. The molecule has 3 nitrogen and oxygen atoms in total. The minimum absolute atomic E-state index is 0.0944. The Bertz CT molecular complexity index is 320. The van der Waals surface area contributed by atoms with E-state index in [0.717, 1.165) is 6.20 Å². The van der Waals surface area contributed by atoms with Crippen LogP contribution in [0.15, 0.2) is 6.20 Å². The van der Waals surface area contributed by atoms with Crippen molar-refractivity contribution in [3.8, 4) is 5.75 Å². The molecule has 0 fully saturated rings. The summed E-state index contributed by atoms with van der Waals surface area (Å²) < 4.78 is 24.7. The number of aromatic nitrogens is 1. The number of aromatic hydroxyl groups is 1. The fraction of sp³-hybridized carbons (Fsp3) is 0.286. The van der Waals surface area contributed by atoms with Gasteiger partial charge in [0, 0.05) is 12.7 Å². The zero-order valence-electron chi connectivity index (χ0n) is 6.47. The first-order valence-electron chi connectivity index (χ1n) is 3.42. The van der Waals surface area contributed by atoms with E-state index in [1.165, 1.54) is 0 Å². The standard InChI is InChI=1S/C7H7ClF2N2O/c8-6-5(13)4(7(9)10)3(1-11)2-12-6/h2,7,13H,1,11H2. The van der Waals surface area contributed by atoms with Crippen molar-refractivity contribution in [3.05, 3.63) is 22.5 Å². The van der Waals surface area contributed by atoms with Gasteiger partial charge in [-0.3, -0.25) is 0 Å². The molecule has 1 rings (SSSR count). The van der Waals surface area contributed by atoms with Gasteiger partial charge in [-0.1, -0.05) is 11.6 Å². The number of nitrogens with zero attached hydrogens (tertiary/aromatic N) is 1. The predicted octanol–water partition coefficient (Wildman–Crippen LogP) is 1.84. The number of pyridine rings is 1. The summed E-state index contributed by atoms with van der Waals surface area (Å²) >= 11 is 5.35. The minimum atomic E-state index is -2.81. The Kier molecular flexibility index (Phi) is 3.00. The van der Waals surface area contributed by atoms with Gasteiger partial charge in [-0.25, -0.2) is 13.8 Å². The van der Waals surface area contributed by atoms with Crippen LogP contribution in [0.1, 0.15) is 17.6 Å². The van der Waals surface area contributed by atoms with Crippen molar-refractivity contribution in [1.29, 1.82) is 0 Å². The molecule has 1 aromatic heterocycles. The Hall–Kier alpha value is -0.940. The monoisotopic (exact) mass is 208 g/mol. The van der Waals surface area contributed by atoms with Gasteiger partial charge in [-0.2, -0.15) is 0 Å². The second-order valence-electron chi connectivity index (χ2n) is 2.34. The number of alkyl halides is 2. The minimum Gasteiger partial charge on any atom is -0.504 e. The van der Waals surface area contributed by atoms with Gasteiger partial charge in [0.1, 0.15) is 0 Å². The first kappa shape index (κ1) is 10.1. The molecule has 0 aliphatic heterocycles. The molecule has 1 aromatic rings. The molecule has 0 atom stereocenters. The van der Waals surface area contributed by atoms with Crippen molar-refractivity contribution in [2.45, 2.75) is 13.0 Å². The van der Waals surface area contributed by atoms with Crippen LogP contribution in [0.2, 0.25) is 5.15 Å². The Morgan fingerprint density at radius 3 is 2.69 bits per heavy atom. The third kappa shape index (κ3) is 1.87. The Labute approximate surface area is 78.1 Å². The Morgan fingerprint density at radius 1 is 1.62 bits per heavy atom. The van der Waals surface area contributed by atoms with E-state index in [1.54, 1.807) is 0 Å². The van der Waals surface area contributed by atoms with E-state index in [-0.39, 0.29) is 17.3 Å². The maximum Gasteiger partial charge on any atom is 0.267 e. The number of rotatable bonds is 2. The van der Waals surface area contributed by atoms with E-state index in [1.807, 2.05) is 0 Å². The largest absolute Gasteiger partial charge is 0.504 e. The van der Waals surface area contributed by atoms with Crippen LogP contribution in [0.4, 0.5) is 8.78 Å². The van der Waals surface area contributed by atoms with Crippen molar-refractivity contribution in [2.75, 3.05) is 0 Å². The van der Waals surface area contributed by atoms with Crippen LogP contribution in [0.5, 0.6) is 5.75 Å². The first-order valence-corrected chi connectivity index (χ1v) is 3.80. The molecule has 3 N–H and O–H groups in total. The highest BCUT2D eigenvalue weighted by molar-refractivity contribution is 6.30. The maximum absolute atomic E-state index is 12.4. The van der Waals surface area contributed by atoms with Crippen LogP contribution < -0.4 is 5.73 Å². The van der Waals surface area contributed by atoms with Crippen LogP contribution in [0.25, 0.3) is 0 Å². The summed E-state index contributed by atoms with van der Waals surface area (Å²) in [5.74, 6) is -0.695. The second-order valence-corrected chi connectivity index (χ2v) is 2.70. The lowest BCUT2D eigenvalue weighted by Gasteiger charge is -2.08. The fourth-order valence-electron chi connectivity index (χ4n) is 0.935. The van der Waals surface area contributed by atoms with Crippen molar-refractivity contribution < 1.29 is 13.9 Å². The molecule has 0 amide bonds. The molecular formula is C7H7ClF2N2O. The molecule has 0 bridgehead atoms. The summed E-state index contributed by atoms with van der Waals surface area (Å²) in [7, 11) is 0. The van der Waals surface area contributed by atoms with Gasteiger partial charge in [0.25, 0.3) is 6.43 Å². The second kappa shape index (κ2) is 3.85. The number of halogens is 3. The van der Waals surface area contributed by atoms with Crippen molar-refractivity contribution in [3.63, 3.8) is 0 Å². The molecule has 0 aliphatic carbocycles. The molecule has 0 aliphatic rings. The van der Waals surface area contributed by atoms with Gasteiger partial charge in [0.2, 0.25) is 0 Å². The van der Waals surface area contributed by atoms with Gasteiger partial charge >= 0.3 is 0 Å². The third-order valence-corrected chi connectivity index (χ3v) is 1.84. The predicted molar refractivity (Wildman–Crippen MR) is 43.8 cm³/mol. The molecular weight excluding hydrogens is 202 g/mol. The topological polar surface area (TPSA) is 59.1 Å². The molecule has 0 saturated carbocycles. The zero-order chi connectivity index (χ0) is 10.0. The average molecular weight is 209 g/mol. The van der Waals surface area contributed by atoms with E-state index in [0.29, 0.717) is 0 Å². The number of nitrogens with two attached hydrogens (primary N) is 1. The molecule has 0 spiro atoms. The lowest BCUT2D eigenvalue weighted by atomic mass is 10.1. The van der Waals surface area contributed by atoms with E-state index in [4.69, 9.17) is 22.4 Å². The van der Waals surface area contributed by atoms with Crippen LogP contribution >= 0.6 is 11.6 Å². The lowest BCUT2D eigenvalue weighted by molar-refractivity contribution is 0.146. The maximum atomic E-state index is 12.4. The Morgan fingerprint density at radius 2 is 2.23 bits per heavy atom. The van der Waals surface area contributed by atoms with E-state index in [2.05, 4.69) is 4.98 Å². The van der Waals surface area contributed by atoms with Crippen molar-refractivity contribution in [1.82, 2.24) is 4.98 Å². The molecule has 13 heavy (non-hydrogen) atoms. The highest BCUT2D eigenvalue weighted by Gasteiger charge is 2.20. The van der Waals surface area contributed by atoms with Crippen molar-refractivity contribution >= 4 is 11.6 Å². The lowest BCUT2D eigenvalue weighted by Crippen LogP contribution is -2.03. The third-order valence-electron chi connectivity index (χ3n) is 1.57. The van der Waals surface area contributed by atoms with E-state index < -0.39 is 17.7 Å². The summed E-state index contributed by atoms with van der Waals surface area (Å²) in [6.07, 6.45) is -1.68. The molecule has 72 valence electrons. The summed E-state index contributed by atoms with van der Waals surface area (Å²) in [4.78, 5) is 3.49. The molecule has 0 unspecified atom stereocenters. The molecule has 0 aromatic carbocycles. The van der Waals surface area contributed by atoms with Gasteiger partial charge < -0.3 is 10.8 Å². The molecule has 0 radical (unpaired) electrons. The van der Waals surface area contributed by atoms with Crippen LogP contribution in [0.3, 0.4) is 0 Å². The summed E-state index contributed by atoms with van der Waals surface area (Å²) in [6, 6.07) is 0. The first-order chi connectivity index (χ1) is 6.07. The molecule has 1 heterocycles. The highest BCUT2D eigenvalue weighted by Crippen LogP contribution is 2.34. The van der Waals surface area contributed by atoms with Crippen LogP contribution in [-0.4, -0.2) is 10.1 Å². The van der Waals surface area contributed by atoms with Crippen LogP contribution in [-0.2, 0) is 6.54 Å². The van der Waals surface area contributed by atoms with Gasteiger partial charge in [-0.05, 0) is 5.56 Å². The van der Waals surface area contributed by atoms with Crippen LogP contribution in [0, 0.1) is 0 Å². The fourth-order valence-corrected chi connectivity index (χ4v) is 1.09. The SMILES string of the molecule is NCc1cnc(Cl)c(O)c1C(F)F. The molecule has 6 heteroatoms. The van der Waals surface area contributed by atoms with E-state index >= 15 is 0 Å². The zero-order valence-corrected chi connectivity index (χ0v) is 7.22. The van der Waals surface area contributed by atoms with Gasteiger partial charge in [0.15, 0.2) is 10.9 Å². The summed E-state index contributed by atoms with van der Waals surface area (Å²) in [5.41, 5.74) is 4.73. The van der Waals surface area contributed by atoms with Gasteiger partial charge in [0.05, 0.1) is 5.56 Å².